The molecule has 0 aliphatic rings. The van der Waals surface area contributed by atoms with Crippen LogP contribution in [0.5, 0.6) is 0 Å². The van der Waals surface area contributed by atoms with Gasteiger partial charge in [-0.25, -0.2) is 4.98 Å². The van der Waals surface area contributed by atoms with Crippen molar-refractivity contribution >= 4 is 23.7 Å². The van der Waals surface area contributed by atoms with Crippen LogP contribution in [0, 0.1) is 0 Å². The van der Waals surface area contributed by atoms with Crippen molar-refractivity contribution < 1.29 is 5.11 Å². The molecule has 0 aliphatic carbocycles. The van der Waals surface area contributed by atoms with Crippen molar-refractivity contribution in [1.82, 2.24) is 9.97 Å². The van der Waals surface area contributed by atoms with Gasteiger partial charge in [-0.3, -0.25) is 0 Å². The predicted molar refractivity (Wildman–Crippen MR) is 49.3 cm³/mol. The predicted octanol–water partition coefficient (Wildman–Crippen LogP) is 1.34. The number of imidazole rings is 1. The van der Waals surface area contributed by atoms with E-state index in [4.69, 9.17) is 5.11 Å². The summed E-state index contributed by atoms with van der Waals surface area (Å²) in [5.41, 5.74) is 2.50. The summed E-state index contributed by atoms with van der Waals surface area (Å²) in [5, 5.41) is 8.97. The Balaban J connectivity index is 2.82. The third-order valence-electron chi connectivity index (χ3n) is 1.81. The zero-order valence-corrected chi connectivity index (χ0v) is 7.18. The van der Waals surface area contributed by atoms with Crippen LogP contribution in [-0.4, -0.2) is 15.1 Å². The smallest absolute Gasteiger partial charge is 0.0949 e. The van der Waals surface area contributed by atoms with Crippen LogP contribution in [0.15, 0.2) is 23.4 Å². The van der Waals surface area contributed by atoms with E-state index in [1.165, 1.54) is 0 Å². The number of H-pyrrole nitrogens is 1. The number of hydrogen-bond acceptors (Lipinski definition) is 3. The van der Waals surface area contributed by atoms with Gasteiger partial charge >= 0.3 is 0 Å². The number of benzene rings is 1. The topological polar surface area (TPSA) is 48.9 Å². The Morgan fingerprint density at radius 1 is 1.50 bits per heavy atom. The molecule has 3 nitrogen and oxygen atoms in total. The van der Waals surface area contributed by atoms with Gasteiger partial charge in [-0.15, -0.1) is 12.6 Å². The van der Waals surface area contributed by atoms with Crippen LogP contribution in [0.25, 0.3) is 11.0 Å². The lowest BCUT2D eigenvalue weighted by Crippen LogP contribution is -1.85. The Bertz CT molecular complexity index is 410. The molecule has 2 N–H and O–H groups in total. The van der Waals surface area contributed by atoms with Gasteiger partial charge in [0.15, 0.2) is 0 Å². The number of nitrogens with one attached hydrogen (secondary N) is 1. The summed E-state index contributed by atoms with van der Waals surface area (Å²) >= 11 is 4.25. The minimum absolute atomic E-state index is 0.00934. The van der Waals surface area contributed by atoms with E-state index in [0.717, 1.165) is 21.5 Å². The second-order valence-corrected chi connectivity index (χ2v) is 3.01. The molecule has 0 unspecified atom stereocenters. The lowest BCUT2D eigenvalue weighted by molar-refractivity contribution is 0.283. The first-order chi connectivity index (χ1) is 5.83. The molecule has 1 heterocycles. The number of rotatable bonds is 1. The molecule has 1 aromatic heterocycles. The molecule has 0 saturated heterocycles. The van der Waals surface area contributed by atoms with Crippen molar-refractivity contribution in [2.45, 2.75) is 11.5 Å². The lowest BCUT2D eigenvalue weighted by Gasteiger charge is -1.98. The van der Waals surface area contributed by atoms with E-state index in [0.29, 0.717) is 0 Å². The molecule has 0 atom stereocenters. The van der Waals surface area contributed by atoms with E-state index >= 15 is 0 Å². The van der Waals surface area contributed by atoms with Gasteiger partial charge in [-0.1, -0.05) is 6.07 Å². The fourth-order valence-corrected chi connectivity index (χ4v) is 1.45. The molecule has 2 rings (SSSR count). The van der Waals surface area contributed by atoms with Gasteiger partial charge in [-0.05, 0) is 6.07 Å². The van der Waals surface area contributed by atoms with Crippen LogP contribution >= 0.6 is 12.6 Å². The molecule has 1 aromatic carbocycles. The fourth-order valence-electron chi connectivity index (χ4n) is 1.20. The van der Waals surface area contributed by atoms with Gasteiger partial charge in [0.1, 0.15) is 0 Å². The number of nitrogens with zero attached hydrogens (tertiary/aromatic N) is 1. The zero-order chi connectivity index (χ0) is 8.55. The first kappa shape index (κ1) is 7.64. The Hall–Kier alpha value is -1.00. The number of aromatic amines is 1. The van der Waals surface area contributed by atoms with E-state index in [-0.39, 0.29) is 6.61 Å². The summed E-state index contributed by atoms with van der Waals surface area (Å²) in [7, 11) is 0. The van der Waals surface area contributed by atoms with E-state index < -0.39 is 0 Å². The van der Waals surface area contributed by atoms with Crippen LogP contribution in [0.4, 0.5) is 0 Å². The summed E-state index contributed by atoms with van der Waals surface area (Å²) in [6, 6.07) is 3.67. The van der Waals surface area contributed by atoms with Crippen LogP contribution < -0.4 is 0 Å². The van der Waals surface area contributed by atoms with Crippen LogP contribution in [0.2, 0.25) is 0 Å². The van der Waals surface area contributed by atoms with E-state index in [9.17, 15) is 0 Å². The SMILES string of the molecule is OCc1ccc(S)c2[nH]cnc12. The number of aromatic nitrogens is 2. The Labute approximate surface area is 74.9 Å². The zero-order valence-electron chi connectivity index (χ0n) is 6.28. The molecule has 62 valence electrons. The lowest BCUT2D eigenvalue weighted by atomic mass is 10.2. The number of thiol groups is 1. The molecule has 0 spiro atoms. The maximum atomic E-state index is 8.97. The minimum Gasteiger partial charge on any atom is -0.392 e. The molecule has 0 amide bonds. The monoisotopic (exact) mass is 180 g/mol. The van der Waals surface area contributed by atoms with Crippen molar-refractivity contribution in [2.75, 3.05) is 0 Å². The highest BCUT2D eigenvalue weighted by molar-refractivity contribution is 7.80. The number of aliphatic hydroxyl groups is 1. The Morgan fingerprint density at radius 2 is 2.33 bits per heavy atom. The molecule has 0 radical (unpaired) electrons. The second kappa shape index (κ2) is 2.80. The summed E-state index contributed by atoms with van der Waals surface area (Å²) in [6.45, 7) is 0.00934. The molecule has 2 aromatic rings. The average molecular weight is 180 g/mol. The number of hydrogen-bond donors (Lipinski definition) is 3. The molecular formula is C8H8N2OS. The number of fused-ring (bicyclic) bond motifs is 1. The molecule has 0 bridgehead atoms. The highest BCUT2D eigenvalue weighted by Gasteiger charge is 2.04. The summed E-state index contributed by atoms with van der Waals surface area (Å²) in [4.78, 5) is 7.90. The largest absolute Gasteiger partial charge is 0.392 e. The van der Waals surface area contributed by atoms with E-state index in [2.05, 4.69) is 22.6 Å². The molecule has 12 heavy (non-hydrogen) atoms. The van der Waals surface area contributed by atoms with Gasteiger partial charge < -0.3 is 10.1 Å². The highest BCUT2D eigenvalue weighted by Crippen LogP contribution is 2.21. The van der Waals surface area contributed by atoms with Gasteiger partial charge in [0.2, 0.25) is 0 Å². The Kier molecular flexibility index (Phi) is 1.78. The second-order valence-electron chi connectivity index (χ2n) is 2.53. The molecular weight excluding hydrogens is 172 g/mol. The average Bonchev–Trinajstić information content (AvgIpc) is 2.54. The van der Waals surface area contributed by atoms with Gasteiger partial charge in [-0.2, -0.15) is 0 Å². The van der Waals surface area contributed by atoms with Gasteiger partial charge in [0.25, 0.3) is 0 Å². The first-order valence-electron chi connectivity index (χ1n) is 3.57. The van der Waals surface area contributed by atoms with E-state index in [1.807, 2.05) is 12.1 Å². The molecule has 0 saturated carbocycles. The van der Waals surface area contributed by atoms with Crippen molar-refractivity contribution in [2.24, 2.45) is 0 Å². The van der Waals surface area contributed by atoms with Crippen LogP contribution in [0.1, 0.15) is 5.56 Å². The normalized spacial score (nSPS) is 10.8. The first-order valence-corrected chi connectivity index (χ1v) is 4.02. The highest BCUT2D eigenvalue weighted by atomic mass is 32.1. The van der Waals surface area contributed by atoms with Crippen molar-refractivity contribution in [1.29, 1.82) is 0 Å². The third-order valence-corrected chi connectivity index (χ3v) is 2.19. The fraction of sp³-hybridized carbons (Fsp3) is 0.125. The minimum atomic E-state index is 0.00934. The van der Waals surface area contributed by atoms with Gasteiger partial charge in [0, 0.05) is 10.5 Å². The summed E-state index contributed by atoms with van der Waals surface area (Å²) in [5.74, 6) is 0. The van der Waals surface area contributed by atoms with Crippen molar-refractivity contribution in [3.05, 3.63) is 24.0 Å². The van der Waals surface area contributed by atoms with Crippen molar-refractivity contribution in [3.63, 3.8) is 0 Å². The van der Waals surface area contributed by atoms with Crippen LogP contribution in [-0.2, 0) is 6.61 Å². The van der Waals surface area contributed by atoms with Crippen LogP contribution in [0.3, 0.4) is 0 Å². The molecule has 4 heteroatoms. The molecule has 0 fully saturated rings. The summed E-state index contributed by atoms with van der Waals surface area (Å²) < 4.78 is 0. The molecule has 0 aliphatic heterocycles. The third kappa shape index (κ3) is 1.00. The van der Waals surface area contributed by atoms with Crippen molar-refractivity contribution in [3.8, 4) is 0 Å². The Morgan fingerprint density at radius 3 is 3.08 bits per heavy atom. The maximum Gasteiger partial charge on any atom is 0.0949 e. The quantitative estimate of drug-likeness (QED) is 0.580. The van der Waals surface area contributed by atoms with Gasteiger partial charge in [0.05, 0.1) is 24.0 Å². The number of aliphatic hydroxyl groups excluding tert-OH is 1. The maximum absolute atomic E-state index is 8.97. The summed E-state index contributed by atoms with van der Waals surface area (Å²) in [6.07, 6.45) is 1.60. The standard InChI is InChI=1S/C8H8N2OS/c11-3-5-1-2-6(12)8-7(5)9-4-10-8/h1-2,4,11-12H,3H2,(H,9,10). The van der Waals surface area contributed by atoms with E-state index in [1.54, 1.807) is 6.33 Å².